The molecule has 0 aromatic carbocycles. The number of unbranched alkanes of at least 4 members (excludes halogenated alkanes) is 1. The smallest absolute Gasteiger partial charge is 0.306 e. The van der Waals surface area contributed by atoms with Crippen molar-refractivity contribution < 1.29 is 9.90 Å². The van der Waals surface area contributed by atoms with Crippen molar-refractivity contribution in [3.8, 4) is 0 Å². The molecular weight excluding hydrogens is 208 g/mol. The zero-order valence-corrected chi connectivity index (χ0v) is 8.43. The standard InChI is InChI=1S/C8H15BrO2/c1-2-7(8(10)11)5-3-4-6-9/h7H,2-6H2,1H3,(H,10,11). The van der Waals surface area contributed by atoms with Crippen molar-refractivity contribution >= 4 is 21.9 Å². The lowest BCUT2D eigenvalue weighted by molar-refractivity contribution is -0.142. The van der Waals surface area contributed by atoms with Gasteiger partial charge in [-0.1, -0.05) is 29.3 Å². The normalized spacial score (nSPS) is 12.9. The monoisotopic (exact) mass is 222 g/mol. The minimum atomic E-state index is -0.651. The second-order valence-corrected chi connectivity index (χ2v) is 3.42. The summed E-state index contributed by atoms with van der Waals surface area (Å²) in [6.45, 7) is 1.92. The van der Waals surface area contributed by atoms with E-state index in [1.807, 2.05) is 6.92 Å². The number of carbonyl (C=O) groups is 1. The number of hydrogen-bond donors (Lipinski definition) is 1. The Bertz CT molecular complexity index is 115. The lowest BCUT2D eigenvalue weighted by atomic mass is 10.00. The van der Waals surface area contributed by atoms with E-state index in [9.17, 15) is 4.79 Å². The molecule has 3 heteroatoms. The topological polar surface area (TPSA) is 37.3 Å². The van der Waals surface area contributed by atoms with Gasteiger partial charge in [-0.15, -0.1) is 0 Å². The van der Waals surface area contributed by atoms with Gasteiger partial charge in [0.25, 0.3) is 0 Å². The molecule has 0 rings (SSSR count). The van der Waals surface area contributed by atoms with E-state index in [0.717, 1.165) is 31.0 Å². The summed E-state index contributed by atoms with van der Waals surface area (Å²) in [5.74, 6) is -0.781. The lowest BCUT2D eigenvalue weighted by Gasteiger charge is -2.07. The van der Waals surface area contributed by atoms with E-state index in [4.69, 9.17) is 5.11 Å². The number of alkyl halides is 1. The Hall–Kier alpha value is -0.0500. The Labute approximate surface area is 76.1 Å². The van der Waals surface area contributed by atoms with E-state index in [1.54, 1.807) is 0 Å². The second kappa shape index (κ2) is 6.65. The summed E-state index contributed by atoms with van der Waals surface area (Å²) in [6.07, 6.45) is 3.65. The van der Waals surface area contributed by atoms with Crippen molar-refractivity contribution in [1.29, 1.82) is 0 Å². The maximum Gasteiger partial charge on any atom is 0.306 e. The van der Waals surface area contributed by atoms with Crippen LogP contribution in [-0.4, -0.2) is 16.4 Å². The first-order valence-electron chi connectivity index (χ1n) is 4.01. The zero-order chi connectivity index (χ0) is 8.69. The average Bonchev–Trinajstić information content (AvgIpc) is 1.97. The molecule has 0 saturated heterocycles. The van der Waals surface area contributed by atoms with Gasteiger partial charge in [0.15, 0.2) is 0 Å². The molecule has 0 saturated carbocycles. The molecule has 0 fully saturated rings. The van der Waals surface area contributed by atoms with Crippen molar-refractivity contribution in [1.82, 2.24) is 0 Å². The van der Waals surface area contributed by atoms with Crippen LogP contribution in [0.15, 0.2) is 0 Å². The summed E-state index contributed by atoms with van der Waals surface area (Å²) in [5, 5.41) is 9.64. The molecule has 0 spiro atoms. The minimum absolute atomic E-state index is 0.131. The van der Waals surface area contributed by atoms with Crippen molar-refractivity contribution in [2.45, 2.75) is 32.6 Å². The van der Waals surface area contributed by atoms with Gasteiger partial charge in [-0.2, -0.15) is 0 Å². The first kappa shape index (κ1) is 11.0. The maximum absolute atomic E-state index is 10.5. The number of carboxylic acid groups (broad SMARTS) is 1. The van der Waals surface area contributed by atoms with E-state index in [-0.39, 0.29) is 5.92 Å². The van der Waals surface area contributed by atoms with Crippen molar-refractivity contribution in [3.63, 3.8) is 0 Å². The third kappa shape index (κ3) is 5.24. The number of rotatable bonds is 6. The van der Waals surface area contributed by atoms with Gasteiger partial charge in [-0.25, -0.2) is 0 Å². The molecule has 11 heavy (non-hydrogen) atoms. The fourth-order valence-corrected chi connectivity index (χ4v) is 1.38. The Morgan fingerprint density at radius 1 is 1.55 bits per heavy atom. The van der Waals surface area contributed by atoms with Gasteiger partial charge in [-0.05, 0) is 19.3 Å². The van der Waals surface area contributed by atoms with Crippen LogP contribution >= 0.6 is 15.9 Å². The highest BCUT2D eigenvalue weighted by Gasteiger charge is 2.13. The number of carboxylic acids is 1. The maximum atomic E-state index is 10.5. The van der Waals surface area contributed by atoms with Gasteiger partial charge >= 0.3 is 5.97 Å². The molecule has 0 bridgehead atoms. The van der Waals surface area contributed by atoms with Crippen LogP contribution < -0.4 is 0 Å². The third-order valence-electron chi connectivity index (χ3n) is 1.78. The molecular formula is C8H15BrO2. The fraction of sp³-hybridized carbons (Fsp3) is 0.875. The Balaban J connectivity index is 3.44. The molecule has 0 aliphatic rings. The number of aliphatic carboxylic acids is 1. The van der Waals surface area contributed by atoms with E-state index in [0.29, 0.717) is 0 Å². The molecule has 0 heterocycles. The first-order valence-corrected chi connectivity index (χ1v) is 5.13. The molecule has 0 aromatic heterocycles. The molecule has 0 aliphatic carbocycles. The van der Waals surface area contributed by atoms with Gasteiger partial charge in [0.1, 0.15) is 0 Å². The molecule has 2 nitrogen and oxygen atoms in total. The van der Waals surface area contributed by atoms with E-state index in [2.05, 4.69) is 15.9 Å². The Kier molecular flexibility index (Phi) is 6.62. The Morgan fingerprint density at radius 3 is 2.55 bits per heavy atom. The van der Waals surface area contributed by atoms with Crippen LogP contribution in [0.25, 0.3) is 0 Å². The van der Waals surface area contributed by atoms with Gasteiger partial charge in [0.05, 0.1) is 5.92 Å². The second-order valence-electron chi connectivity index (χ2n) is 2.63. The van der Waals surface area contributed by atoms with Crippen LogP contribution in [-0.2, 0) is 4.79 Å². The van der Waals surface area contributed by atoms with E-state index >= 15 is 0 Å². The van der Waals surface area contributed by atoms with Crippen LogP contribution in [0.4, 0.5) is 0 Å². The minimum Gasteiger partial charge on any atom is -0.481 e. The molecule has 0 radical (unpaired) electrons. The zero-order valence-electron chi connectivity index (χ0n) is 6.85. The summed E-state index contributed by atoms with van der Waals surface area (Å²) in [5.41, 5.74) is 0. The number of halogens is 1. The highest BCUT2D eigenvalue weighted by molar-refractivity contribution is 9.09. The van der Waals surface area contributed by atoms with Gasteiger partial charge in [0.2, 0.25) is 0 Å². The molecule has 0 amide bonds. The van der Waals surface area contributed by atoms with Crippen LogP contribution in [0.1, 0.15) is 32.6 Å². The predicted octanol–water partition coefficient (Wildman–Crippen LogP) is 2.66. The molecule has 1 unspecified atom stereocenters. The SMILES string of the molecule is CCC(CCCCBr)C(=O)O. The molecule has 1 atom stereocenters. The largest absolute Gasteiger partial charge is 0.481 e. The van der Waals surface area contributed by atoms with E-state index < -0.39 is 5.97 Å². The highest BCUT2D eigenvalue weighted by Crippen LogP contribution is 2.12. The molecule has 66 valence electrons. The highest BCUT2D eigenvalue weighted by atomic mass is 79.9. The van der Waals surface area contributed by atoms with Crippen molar-refractivity contribution in [3.05, 3.63) is 0 Å². The molecule has 1 N–H and O–H groups in total. The summed E-state index contributed by atoms with van der Waals surface area (Å²) in [4.78, 5) is 10.5. The fourth-order valence-electron chi connectivity index (χ4n) is 0.987. The van der Waals surface area contributed by atoms with Crippen LogP contribution in [0.5, 0.6) is 0 Å². The van der Waals surface area contributed by atoms with Crippen LogP contribution in [0.3, 0.4) is 0 Å². The first-order chi connectivity index (χ1) is 5.22. The van der Waals surface area contributed by atoms with Crippen molar-refractivity contribution in [2.24, 2.45) is 5.92 Å². The van der Waals surface area contributed by atoms with Gasteiger partial charge < -0.3 is 5.11 Å². The third-order valence-corrected chi connectivity index (χ3v) is 2.34. The van der Waals surface area contributed by atoms with Crippen molar-refractivity contribution in [2.75, 3.05) is 5.33 Å². The molecule has 0 aliphatic heterocycles. The van der Waals surface area contributed by atoms with Crippen LogP contribution in [0.2, 0.25) is 0 Å². The predicted molar refractivity (Wildman–Crippen MR) is 49.1 cm³/mol. The summed E-state index contributed by atoms with van der Waals surface area (Å²) in [6, 6.07) is 0. The lowest BCUT2D eigenvalue weighted by Crippen LogP contribution is -2.12. The van der Waals surface area contributed by atoms with E-state index in [1.165, 1.54) is 0 Å². The summed E-state index contributed by atoms with van der Waals surface area (Å²) < 4.78 is 0. The number of hydrogen-bond acceptors (Lipinski definition) is 1. The summed E-state index contributed by atoms with van der Waals surface area (Å²) >= 11 is 3.31. The van der Waals surface area contributed by atoms with Crippen LogP contribution in [0, 0.1) is 5.92 Å². The average molecular weight is 223 g/mol. The summed E-state index contributed by atoms with van der Waals surface area (Å²) in [7, 11) is 0. The molecule has 0 aromatic rings. The van der Waals surface area contributed by atoms with Gasteiger partial charge in [-0.3, -0.25) is 4.79 Å². The Morgan fingerprint density at radius 2 is 2.18 bits per heavy atom. The van der Waals surface area contributed by atoms with Gasteiger partial charge in [0, 0.05) is 5.33 Å². The quantitative estimate of drug-likeness (QED) is 0.555.